The molecule has 3 aromatic rings. The Morgan fingerprint density at radius 3 is 2.75 bits per heavy atom. The number of carbonyl (C=O) groups is 1. The van der Waals surface area contributed by atoms with Crippen molar-refractivity contribution in [1.29, 1.82) is 0 Å². The number of carbonyl (C=O) groups excluding carboxylic acids is 1. The molecule has 0 aliphatic carbocycles. The fourth-order valence-electron chi connectivity index (χ4n) is 2.29. The average molecular weight is 323 g/mol. The van der Waals surface area contributed by atoms with Gasteiger partial charge < -0.3 is 10.1 Å². The monoisotopic (exact) mass is 323 g/mol. The number of nitrogens with zero attached hydrogens (tertiary/aromatic N) is 3. The molecule has 7 heteroatoms. The van der Waals surface area contributed by atoms with Crippen LogP contribution in [0.1, 0.15) is 12.0 Å². The lowest BCUT2D eigenvalue weighted by Crippen LogP contribution is -2.12. The van der Waals surface area contributed by atoms with Gasteiger partial charge >= 0.3 is 0 Å². The van der Waals surface area contributed by atoms with Crippen molar-refractivity contribution in [2.75, 3.05) is 12.4 Å². The van der Waals surface area contributed by atoms with Crippen LogP contribution >= 0.6 is 0 Å². The summed E-state index contributed by atoms with van der Waals surface area (Å²) < 4.78 is 5.12. The summed E-state index contributed by atoms with van der Waals surface area (Å²) in [7, 11) is 1.63. The minimum Gasteiger partial charge on any atom is -0.497 e. The van der Waals surface area contributed by atoms with E-state index >= 15 is 0 Å². The topological polar surface area (TPSA) is 92.8 Å². The second-order valence-corrected chi connectivity index (χ2v) is 5.21. The lowest BCUT2D eigenvalue weighted by Gasteiger charge is -2.07. The molecule has 0 aliphatic heterocycles. The van der Waals surface area contributed by atoms with Crippen molar-refractivity contribution in [3.05, 3.63) is 54.1 Å². The fourth-order valence-corrected chi connectivity index (χ4v) is 2.29. The first-order valence-electron chi connectivity index (χ1n) is 7.51. The number of aromatic amines is 1. The van der Waals surface area contributed by atoms with E-state index in [2.05, 4.69) is 25.9 Å². The van der Waals surface area contributed by atoms with Crippen LogP contribution in [0.2, 0.25) is 0 Å². The van der Waals surface area contributed by atoms with E-state index in [-0.39, 0.29) is 5.91 Å². The number of nitrogens with one attached hydrogen (secondary N) is 2. The van der Waals surface area contributed by atoms with E-state index in [1.54, 1.807) is 7.11 Å². The summed E-state index contributed by atoms with van der Waals surface area (Å²) in [6.45, 7) is 0. The average Bonchev–Trinajstić information content (AvgIpc) is 3.15. The van der Waals surface area contributed by atoms with Crippen LogP contribution in [0.5, 0.6) is 5.75 Å². The van der Waals surface area contributed by atoms with Gasteiger partial charge in [-0.2, -0.15) is 5.21 Å². The van der Waals surface area contributed by atoms with Gasteiger partial charge in [-0.05, 0) is 41.5 Å². The van der Waals surface area contributed by atoms with Gasteiger partial charge in [0.05, 0.1) is 7.11 Å². The van der Waals surface area contributed by atoms with Crippen LogP contribution in [0, 0.1) is 0 Å². The predicted molar refractivity (Wildman–Crippen MR) is 89.6 cm³/mol. The first-order chi connectivity index (χ1) is 11.7. The summed E-state index contributed by atoms with van der Waals surface area (Å²) in [6, 6.07) is 15.0. The van der Waals surface area contributed by atoms with E-state index in [1.807, 2.05) is 48.5 Å². The van der Waals surface area contributed by atoms with Crippen molar-refractivity contribution in [3.8, 4) is 17.1 Å². The summed E-state index contributed by atoms with van der Waals surface area (Å²) in [4.78, 5) is 12.1. The molecule has 0 aliphatic rings. The third-order valence-corrected chi connectivity index (χ3v) is 3.55. The second kappa shape index (κ2) is 7.36. The van der Waals surface area contributed by atoms with E-state index in [0.717, 1.165) is 16.9 Å². The summed E-state index contributed by atoms with van der Waals surface area (Å²) in [6.07, 6.45) is 1.07. The third kappa shape index (κ3) is 3.95. The number of ether oxygens (including phenoxy) is 1. The Kier molecular flexibility index (Phi) is 4.81. The molecular formula is C17H17N5O2. The zero-order valence-corrected chi connectivity index (χ0v) is 13.2. The second-order valence-electron chi connectivity index (χ2n) is 5.21. The van der Waals surface area contributed by atoms with Gasteiger partial charge in [-0.25, -0.2) is 0 Å². The minimum absolute atomic E-state index is 0.0453. The van der Waals surface area contributed by atoms with Crippen LogP contribution in [0.4, 0.5) is 5.69 Å². The number of hydrogen-bond donors (Lipinski definition) is 2. The highest BCUT2D eigenvalue weighted by molar-refractivity contribution is 5.91. The molecule has 0 bridgehead atoms. The number of rotatable bonds is 6. The zero-order chi connectivity index (χ0) is 16.8. The number of H-pyrrole nitrogens is 1. The van der Waals surface area contributed by atoms with Crippen molar-refractivity contribution in [1.82, 2.24) is 20.6 Å². The SMILES string of the molecule is COc1ccc(CCC(=O)Nc2cccc(-c3nn[nH]n3)c2)cc1. The first kappa shape index (κ1) is 15.7. The number of aryl methyl sites for hydroxylation is 1. The number of amides is 1. The van der Waals surface area contributed by atoms with E-state index in [9.17, 15) is 4.79 Å². The molecule has 0 saturated carbocycles. The zero-order valence-electron chi connectivity index (χ0n) is 13.2. The highest BCUT2D eigenvalue weighted by atomic mass is 16.5. The number of hydrogen-bond acceptors (Lipinski definition) is 5. The molecule has 3 rings (SSSR count). The Bertz CT molecular complexity index is 800. The molecule has 0 unspecified atom stereocenters. The molecule has 122 valence electrons. The van der Waals surface area contributed by atoms with Crippen molar-refractivity contribution in [2.24, 2.45) is 0 Å². The standard InChI is InChI=1S/C17H17N5O2/c1-24-15-8-5-12(6-9-15)7-10-16(23)18-14-4-2-3-13(11-14)17-19-21-22-20-17/h2-6,8-9,11H,7,10H2,1H3,(H,18,23)(H,19,20,21,22). The Hall–Kier alpha value is -3.22. The van der Waals surface area contributed by atoms with E-state index in [0.29, 0.717) is 24.4 Å². The summed E-state index contributed by atoms with van der Waals surface area (Å²) >= 11 is 0. The molecule has 0 saturated heterocycles. The van der Waals surface area contributed by atoms with E-state index in [1.165, 1.54) is 0 Å². The fraction of sp³-hybridized carbons (Fsp3) is 0.176. The molecule has 1 amide bonds. The Balaban J connectivity index is 1.57. The molecule has 7 nitrogen and oxygen atoms in total. The Labute approximate surface area is 139 Å². The predicted octanol–water partition coefficient (Wildman–Crippen LogP) is 2.45. The molecular weight excluding hydrogens is 306 g/mol. The first-order valence-corrected chi connectivity index (χ1v) is 7.51. The van der Waals surface area contributed by atoms with Crippen LogP contribution in [0.15, 0.2) is 48.5 Å². The van der Waals surface area contributed by atoms with Gasteiger partial charge in [0.1, 0.15) is 5.75 Å². The van der Waals surface area contributed by atoms with Crippen LogP contribution in [0.3, 0.4) is 0 Å². The normalized spacial score (nSPS) is 10.4. The number of benzene rings is 2. The molecule has 0 spiro atoms. The van der Waals surface area contributed by atoms with Gasteiger partial charge in [0.25, 0.3) is 0 Å². The smallest absolute Gasteiger partial charge is 0.224 e. The maximum atomic E-state index is 12.1. The van der Waals surface area contributed by atoms with Crippen molar-refractivity contribution >= 4 is 11.6 Å². The Morgan fingerprint density at radius 1 is 1.21 bits per heavy atom. The van der Waals surface area contributed by atoms with Crippen molar-refractivity contribution in [3.63, 3.8) is 0 Å². The van der Waals surface area contributed by atoms with Gasteiger partial charge in [0.15, 0.2) is 0 Å². The third-order valence-electron chi connectivity index (χ3n) is 3.55. The highest BCUT2D eigenvalue weighted by Crippen LogP contribution is 2.19. The number of tetrazole rings is 1. The Morgan fingerprint density at radius 2 is 2.04 bits per heavy atom. The highest BCUT2D eigenvalue weighted by Gasteiger charge is 2.07. The number of anilines is 1. The summed E-state index contributed by atoms with van der Waals surface area (Å²) in [5, 5.41) is 16.7. The lowest BCUT2D eigenvalue weighted by molar-refractivity contribution is -0.116. The minimum atomic E-state index is -0.0453. The molecule has 24 heavy (non-hydrogen) atoms. The van der Waals surface area contributed by atoms with E-state index < -0.39 is 0 Å². The van der Waals surface area contributed by atoms with Gasteiger partial charge in [-0.15, -0.1) is 10.2 Å². The van der Waals surface area contributed by atoms with Crippen molar-refractivity contribution < 1.29 is 9.53 Å². The van der Waals surface area contributed by atoms with Crippen LogP contribution in [-0.4, -0.2) is 33.6 Å². The van der Waals surface area contributed by atoms with Crippen molar-refractivity contribution in [2.45, 2.75) is 12.8 Å². The van der Waals surface area contributed by atoms with Crippen LogP contribution < -0.4 is 10.1 Å². The molecule has 0 fully saturated rings. The van der Waals surface area contributed by atoms with Gasteiger partial charge in [-0.3, -0.25) is 4.79 Å². The molecule has 2 aromatic carbocycles. The number of methoxy groups -OCH3 is 1. The molecule has 0 radical (unpaired) electrons. The summed E-state index contributed by atoms with van der Waals surface area (Å²) in [5.74, 6) is 1.25. The lowest BCUT2D eigenvalue weighted by atomic mass is 10.1. The largest absolute Gasteiger partial charge is 0.497 e. The van der Waals surface area contributed by atoms with Gasteiger partial charge in [0, 0.05) is 17.7 Å². The maximum Gasteiger partial charge on any atom is 0.224 e. The summed E-state index contributed by atoms with van der Waals surface area (Å²) in [5.41, 5.74) is 2.58. The van der Waals surface area contributed by atoms with Gasteiger partial charge in [-0.1, -0.05) is 24.3 Å². The van der Waals surface area contributed by atoms with Crippen LogP contribution in [-0.2, 0) is 11.2 Å². The van der Waals surface area contributed by atoms with Crippen LogP contribution in [0.25, 0.3) is 11.4 Å². The maximum absolute atomic E-state index is 12.1. The molecule has 0 atom stereocenters. The molecule has 1 heterocycles. The van der Waals surface area contributed by atoms with E-state index in [4.69, 9.17) is 4.74 Å². The quantitative estimate of drug-likeness (QED) is 0.727. The molecule has 2 N–H and O–H groups in total. The molecule has 1 aromatic heterocycles. The number of aromatic nitrogens is 4. The van der Waals surface area contributed by atoms with Gasteiger partial charge in [0.2, 0.25) is 11.7 Å².